The number of nitrogens with zero attached hydrogens (tertiary/aromatic N) is 2. The van der Waals surface area contributed by atoms with Gasteiger partial charge in [-0.2, -0.15) is 8.42 Å². The highest BCUT2D eigenvalue weighted by molar-refractivity contribution is 7.90. The molecule has 10 heteroatoms. The summed E-state index contributed by atoms with van der Waals surface area (Å²) in [7, 11) is -4.20. The van der Waals surface area contributed by atoms with Gasteiger partial charge in [-0.15, -0.1) is 4.40 Å². The Hall–Kier alpha value is -2.62. The van der Waals surface area contributed by atoms with Gasteiger partial charge in [0.05, 0.1) is 17.3 Å². The van der Waals surface area contributed by atoms with Crippen LogP contribution in [0.5, 0.6) is 0 Å². The number of carbonyl (C=O) groups excluding carboxylic acids is 1. The fraction of sp³-hybridized carbons (Fsp3) is 0.263. The molecule has 29 heavy (non-hydrogen) atoms. The zero-order valence-corrected chi connectivity index (χ0v) is 17.0. The van der Waals surface area contributed by atoms with Gasteiger partial charge in [0, 0.05) is 13.0 Å². The largest absolute Gasteiger partial charge is 0.444 e. The molecule has 1 aliphatic heterocycles. The molecular formula is C19H20ClN3O5S. The summed E-state index contributed by atoms with van der Waals surface area (Å²) in [5, 5.41) is 8.86. The van der Waals surface area contributed by atoms with Crippen molar-refractivity contribution in [1.29, 1.82) is 0 Å². The third kappa shape index (κ3) is 4.87. The highest BCUT2D eigenvalue weighted by Crippen LogP contribution is 2.36. The number of amidine groups is 1. The number of nitrogens with two attached hydrogens (primary N) is 1. The number of hydrogen-bond acceptors (Lipinski definition) is 5. The van der Waals surface area contributed by atoms with E-state index in [9.17, 15) is 13.2 Å². The van der Waals surface area contributed by atoms with Gasteiger partial charge in [-0.3, -0.25) is 4.90 Å². The Morgan fingerprint density at radius 1 is 1.28 bits per heavy atom. The Balaban J connectivity index is 1.85. The smallest absolute Gasteiger partial charge is 0.414 e. The number of aliphatic hydroxyl groups excluding tert-OH is 1. The Morgan fingerprint density at radius 2 is 2.00 bits per heavy atom. The van der Waals surface area contributed by atoms with Crippen LogP contribution in [0, 0.1) is 0 Å². The normalized spacial score (nSPS) is 14.0. The summed E-state index contributed by atoms with van der Waals surface area (Å²) < 4.78 is 34.0. The maximum absolute atomic E-state index is 12.6. The first-order chi connectivity index (χ1) is 13.8. The van der Waals surface area contributed by atoms with Gasteiger partial charge >= 0.3 is 6.09 Å². The van der Waals surface area contributed by atoms with E-state index >= 15 is 0 Å². The lowest BCUT2D eigenvalue weighted by Crippen LogP contribution is -2.29. The van der Waals surface area contributed by atoms with Crippen LogP contribution >= 0.6 is 11.6 Å². The summed E-state index contributed by atoms with van der Waals surface area (Å²) in [4.78, 5) is 13.6. The second-order valence-electron chi connectivity index (χ2n) is 6.38. The summed E-state index contributed by atoms with van der Waals surface area (Å²) in [5.41, 5.74) is 7.50. The molecule has 2 aromatic rings. The fourth-order valence-electron chi connectivity index (χ4n) is 2.94. The molecule has 0 spiro atoms. The standard InChI is InChI=1S/C19H20ClN3O5S/c20-15-10-14-6-8-23(19(25)28-12-13-4-2-1-3-5-13)16(14)11-17(15)29(26,27)22-18(21)7-9-24/h1-5,10-11,24H,6-9,12H2,(H2,21,22). The molecule has 154 valence electrons. The summed E-state index contributed by atoms with van der Waals surface area (Å²) >= 11 is 6.15. The van der Waals surface area contributed by atoms with Crippen LogP contribution in [0.4, 0.5) is 10.5 Å². The van der Waals surface area contributed by atoms with Crippen molar-refractivity contribution in [3.63, 3.8) is 0 Å². The van der Waals surface area contributed by atoms with E-state index in [2.05, 4.69) is 4.40 Å². The topological polar surface area (TPSA) is 122 Å². The third-order valence-corrected chi connectivity index (χ3v) is 6.13. The van der Waals surface area contributed by atoms with Gasteiger partial charge in [0.25, 0.3) is 10.0 Å². The van der Waals surface area contributed by atoms with Crippen LogP contribution in [0.3, 0.4) is 0 Å². The van der Waals surface area contributed by atoms with Crippen LogP contribution in [-0.2, 0) is 27.8 Å². The molecule has 3 rings (SSSR count). The summed E-state index contributed by atoms with van der Waals surface area (Å²) in [5.74, 6) is -0.233. The predicted octanol–water partition coefficient (Wildman–Crippen LogP) is 2.47. The van der Waals surface area contributed by atoms with Crippen molar-refractivity contribution in [3.05, 3.63) is 58.6 Å². The number of fused-ring (bicyclic) bond motifs is 1. The van der Waals surface area contributed by atoms with Crippen LogP contribution in [0.15, 0.2) is 51.8 Å². The molecule has 0 atom stereocenters. The van der Waals surface area contributed by atoms with E-state index in [4.69, 9.17) is 27.2 Å². The predicted molar refractivity (Wildman–Crippen MR) is 110 cm³/mol. The SMILES string of the molecule is NC(CCO)=NS(=O)(=O)c1cc2c(cc1Cl)CCN2C(=O)OCc1ccccc1. The lowest BCUT2D eigenvalue weighted by atomic mass is 10.2. The highest BCUT2D eigenvalue weighted by Gasteiger charge is 2.30. The molecule has 8 nitrogen and oxygen atoms in total. The molecule has 2 aromatic carbocycles. The first-order valence-electron chi connectivity index (χ1n) is 8.82. The minimum atomic E-state index is -4.20. The summed E-state index contributed by atoms with van der Waals surface area (Å²) in [6.45, 7) is 0.120. The minimum Gasteiger partial charge on any atom is -0.444 e. The third-order valence-electron chi connectivity index (χ3n) is 4.34. The van der Waals surface area contributed by atoms with Crippen molar-refractivity contribution < 1.29 is 23.1 Å². The molecule has 0 saturated heterocycles. The zero-order chi connectivity index (χ0) is 21.0. The van der Waals surface area contributed by atoms with E-state index < -0.39 is 16.1 Å². The first-order valence-corrected chi connectivity index (χ1v) is 10.6. The Labute approximate surface area is 173 Å². The number of amides is 1. The number of sulfonamides is 1. The minimum absolute atomic E-state index is 0.0104. The average molecular weight is 438 g/mol. The van der Waals surface area contributed by atoms with Crippen molar-refractivity contribution in [3.8, 4) is 0 Å². The van der Waals surface area contributed by atoms with E-state index in [1.54, 1.807) is 0 Å². The number of benzene rings is 2. The molecule has 0 unspecified atom stereocenters. The van der Waals surface area contributed by atoms with E-state index in [1.807, 2.05) is 30.3 Å². The molecule has 0 radical (unpaired) electrons. The monoisotopic (exact) mass is 437 g/mol. The molecule has 0 bridgehead atoms. The van der Waals surface area contributed by atoms with Gasteiger partial charge in [0.2, 0.25) is 0 Å². The maximum Gasteiger partial charge on any atom is 0.414 e. The Morgan fingerprint density at radius 3 is 2.69 bits per heavy atom. The van der Waals surface area contributed by atoms with Crippen molar-refractivity contribution in [2.75, 3.05) is 18.1 Å². The molecule has 0 saturated carbocycles. The second-order valence-corrected chi connectivity index (χ2v) is 8.36. The van der Waals surface area contributed by atoms with Crippen molar-refractivity contribution in [1.82, 2.24) is 0 Å². The van der Waals surface area contributed by atoms with Gasteiger partial charge in [0.15, 0.2) is 0 Å². The van der Waals surface area contributed by atoms with E-state index in [-0.39, 0.29) is 35.4 Å². The van der Waals surface area contributed by atoms with Crippen LogP contribution in [0.1, 0.15) is 17.5 Å². The van der Waals surface area contributed by atoms with Crippen LogP contribution < -0.4 is 10.6 Å². The van der Waals surface area contributed by atoms with Gasteiger partial charge in [-0.05, 0) is 29.7 Å². The zero-order valence-electron chi connectivity index (χ0n) is 15.4. The van der Waals surface area contributed by atoms with Crippen molar-refractivity contribution in [2.45, 2.75) is 24.3 Å². The van der Waals surface area contributed by atoms with Gasteiger partial charge in [-0.1, -0.05) is 41.9 Å². The van der Waals surface area contributed by atoms with Crippen LogP contribution in [0.2, 0.25) is 5.02 Å². The molecular weight excluding hydrogens is 418 g/mol. The Bertz CT molecular complexity index is 1040. The number of halogens is 1. The molecule has 0 aromatic heterocycles. The molecule has 0 aliphatic carbocycles. The number of ether oxygens (including phenoxy) is 1. The number of aliphatic hydroxyl groups is 1. The molecule has 1 heterocycles. The number of anilines is 1. The highest BCUT2D eigenvalue weighted by atomic mass is 35.5. The molecule has 1 aliphatic rings. The van der Waals surface area contributed by atoms with Crippen LogP contribution in [0.25, 0.3) is 0 Å². The van der Waals surface area contributed by atoms with Gasteiger partial charge in [-0.25, -0.2) is 4.79 Å². The first kappa shape index (κ1) is 21.1. The lowest BCUT2D eigenvalue weighted by molar-refractivity contribution is 0.147. The number of hydrogen-bond donors (Lipinski definition) is 2. The van der Waals surface area contributed by atoms with Gasteiger partial charge in [0.1, 0.15) is 17.3 Å². The average Bonchev–Trinajstić information content (AvgIpc) is 3.08. The lowest BCUT2D eigenvalue weighted by Gasteiger charge is -2.18. The second kappa shape index (κ2) is 8.81. The number of rotatable bonds is 6. The molecule has 1 amide bonds. The van der Waals surface area contributed by atoms with E-state index in [1.165, 1.54) is 17.0 Å². The molecule has 0 fully saturated rings. The van der Waals surface area contributed by atoms with E-state index in [0.29, 0.717) is 18.7 Å². The quantitative estimate of drug-likeness (QED) is 0.528. The van der Waals surface area contributed by atoms with Crippen molar-refractivity contribution >= 4 is 39.2 Å². The summed E-state index contributed by atoms with van der Waals surface area (Å²) in [6.07, 6.45) is -0.146. The Kier molecular flexibility index (Phi) is 6.41. The fourth-order valence-corrected chi connectivity index (χ4v) is 4.48. The van der Waals surface area contributed by atoms with Crippen LogP contribution in [-0.4, -0.2) is 38.6 Å². The number of carbonyl (C=O) groups is 1. The van der Waals surface area contributed by atoms with Gasteiger partial charge < -0.3 is 15.6 Å². The molecule has 3 N–H and O–H groups in total. The van der Waals surface area contributed by atoms with Crippen molar-refractivity contribution in [2.24, 2.45) is 10.1 Å². The maximum atomic E-state index is 12.6. The summed E-state index contributed by atoms with van der Waals surface area (Å²) in [6, 6.07) is 12.0. The van der Waals surface area contributed by atoms with E-state index in [0.717, 1.165) is 11.1 Å².